The monoisotopic (exact) mass is 582 g/mol. The second-order valence-electron chi connectivity index (χ2n) is 12.1. The van der Waals surface area contributed by atoms with Gasteiger partial charge in [0, 0.05) is 50.5 Å². The Morgan fingerprint density at radius 2 is 1.83 bits per heavy atom. The van der Waals surface area contributed by atoms with Gasteiger partial charge in [0.15, 0.2) is 5.82 Å². The quantitative estimate of drug-likeness (QED) is 0.413. The van der Waals surface area contributed by atoms with Crippen molar-refractivity contribution in [2.45, 2.75) is 51.6 Å². The standard InChI is InChI=1S/C30H36ClFN6O3/c1-29(2)17-37(20-8-9-21(31)22(32)14-20)16-23-26(29)34-27(35(23)5)28(40)38-12-11-36(18-30(38,3)4)24-10-7-19(15-33-24)13-25(39)41-6/h7-10,14-15H,11-13,16-18H2,1-6H3. The number of carbonyl (C=O) groups is 2. The molecule has 0 unspecified atom stereocenters. The fourth-order valence-corrected chi connectivity index (χ4v) is 6.01. The highest BCUT2D eigenvalue weighted by atomic mass is 35.5. The van der Waals surface area contributed by atoms with Gasteiger partial charge in [0.2, 0.25) is 0 Å². The number of nitrogens with zero attached hydrogens (tertiary/aromatic N) is 6. The van der Waals surface area contributed by atoms with E-state index in [2.05, 4.69) is 28.6 Å². The molecular weight excluding hydrogens is 547 g/mol. The minimum Gasteiger partial charge on any atom is -0.469 e. The summed E-state index contributed by atoms with van der Waals surface area (Å²) >= 11 is 5.92. The number of benzene rings is 1. The average molecular weight is 583 g/mol. The maximum absolute atomic E-state index is 14.3. The van der Waals surface area contributed by atoms with Crippen molar-refractivity contribution >= 4 is 35.0 Å². The lowest BCUT2D eigenvalue weighted by Gasteiger charge is -2.47. The molecule has 11 heteroatoms. The van der Waals surface area contributed by atoms with Crippen LogP contribution in [0.3, 0.4) is 0 Å². The highest BCUT2D eigenvalue weighted by molar-refractivity contribution is 6.30. The molecule has 3 aromatic rings. The molecule has 41 heavy (non-hydrogen) atoms. The third-order valence-electron chi connectivity index (χ3n) is 8.10. The molecule has 0 spiro atoms. The molecule has 218 valence electrons. The topological polar surface area (TPSA) is 83.8 Å². The molecule has 1 aromatic carbocycles. The van der Waals surface area contributed by atoms with Gasteiger partial charge in [-0.1, -0.05) is 31.5 Å². The van der Waals surface area contributed by atoms with E-state index in [0.29, 0.717) is 38.5 Å². The minimum absolute atomic E-state index is 0.0909. The van der Waals surface area contributed by atoms with E-state index in [1.165, 1.54) is 13.2 Å². The summed E-state index contributed by atoms with van der Waals surface area (Å²) in [5.74, 6) is 0.319. The Morgan fingerprint density at radius 3 is 2.46 bits per heavy atom. The van der Waals surface area contributed by atoms with E-state index in [1.54, 1.807) is 12.3 Å². The molecule has 2 aromatic heterocycles. The van der Waals surface area contributed by atoms with Crippen molar-refractivity contribution in [2.75, 3.05) is 43.1 Å². The molecule has 0 atom stereocenters. The van der Waals surface area contributed by atoms with Crippen LogP contribution in [0.5, 0.6) is 0 Å². The number of pyridine rings is 1. The van der Waals surface area contributed by atoms with E-state index in [9.17, 15) is 14.0 Å². The number of fused-ring (bicyclic) bond motifs is 1. The number of halogens is 2. The van der Waals surface area contributed by atoms with Crippen molar-refractivity contribution in [2.24, 2.45) is 7.05 Å². The lowest BCUT2D eigenvalue weighted by molar-refractivity contribution is -0.139. The number of amides is 1. The molecular formula is C30H36ClFN6O3. The Labute approximate surface area is 244 Å². The minimum atomic E-state index is -0.490. The zero-order valence-electron chi connectivity index (χ0n) is 24.4. The molecule has 0 radical (unpaired) electrons. The first-order chi connectivity index (χ1) is 19.3. The van der Waals surface area contributed by atoms with Crippen LogP contribution in [-0.4, -0.2) is 70.1 Å². The van der Waals surface area contributed by atoms with Gasteiger partial charge in [-0.2, -0.15) is 0 Å². The zero-order valence-corrected chi connectivity index (χ0v) is 25.1. The Kier molecular flexibility index (Phi) is 7.48. The number of hydrogen-bond donors (Lipinski definition) is 0. The number of rotatable bonds is 5. The molecule has 0 aliphatic carbocycles. The summed E-state index contributed by atoms with van der Waals surface area (Å²) in [7, 11) is 3.25. The second-order valence-corrected chi connectivity index (χ2v) is 12.5. The first kappa shape index (κ1) is 28.9. The molecule has 1 fully saturated rings. The van der Waals surface area contributed by atoms with Crippen molar-refractivity contribution in [1.82, 2.24) is 19.4 Å². The summed E-state index contributed by atoms with van der Waals surface area (Å²) in [6.45, 7) is 11.1. The van der Waals surface area contributed by atoms with Crippen molar-refractivity contribution < 1.29 is 18.7 Å². The van der Waals surface area contributed by atoms with Gasteiger partial charge in [-0.3, -0.25) is 9.59 Å². The largest absolute Gasteiger partial charge is 0.469 e. The van der Waals surface area contributed by atoms with E-state index in [4.69, 9.17) is 21.3 Å². The molecule has 5 rings (SSSR count). The molecule has 2 aliphatic rings. The molecule has 1 amide bonds. The summed E-state index contributed by atoms with van der Waals surface area (Å²) in [4.78, 5) is 41.2. The molecule has 4 heterocycles. The normalized spacial score (nSPS) is 17.8. The lowest BCUT2D eigenvalue weighted by atomic mass is 9.84. The number of methoxy groups -OCH3 is 1. The van der Waals surface area contributed by atoms with Crippen LogP contribution in [0.2, 0.25) is 5.02 Å². The van der Waals surface area contributed by atoms with E-state index in [1.807, 2.05) is 48.6 Å². The van der Waals surface area contributed by atoms with Crippen LogP contribution >= 0.6 is 11.6 Å². The number of aromatic nitrogens is 3. The summed E-state index contributed by atoms with van der Waals surface area (Å²) < 4.78 is 20.9. The van der Waals surface area contributed by atoms with Crippen LogP contribution in [0.4, 0.5) is 15.9 Å². The number of ether oxygens (including phenoxy) is 1. The predicted octanol–water partition coefficient (Wildman–Crippen LogP) is 4.36. The maximum Gasteiger partial charge on any atom is 0.310 e. The summed E-state index contributed by atoms with van der Waals surface area (Å²) in [5, 5.41) is 0.0909. The fraction of sp³-hybridized carbons (Fsp3) is 0.467. The van der Waals surface area contributed by atoms with Gasteiger partial charge < -0.3 is 24.0 Å². The lowest BCUT2D eigenvalue weighted by Crippen LogP contribution is -2.61. The summed E-state index contributed by atoms with van der Waals surface area (Å²) in [5.41, 5.74) is 2.50. The molecule has 2 aliphatic heterocycles. The van der Waals surface area contributed by atoms with Crippen LogP contribution in [-0.2, 0) is 35.0 Å². The SMILES string of the molecule is COC(=O)Cc1ccc(N2CCN(C(=O)c3nc4c(n3C)CN(c3ccc(Cl)c(F)c3)CC4(C)C)C(C)(C)C2)nc1. The first-order valence-corrected chi connectivity index (χ1v) is 14.0. The molecule has 0 N–H and O–H groups in total. The van der Waals surface area contributed by atoms with Crippen molar-refractivity contribution in [3.8, 4) is 0 Å². The Bertz CT molecular complexity index is 1490. The van der Waals surface area contributed by atoms with Crippen molar-refractivity contribution in [1.29, 1.82) is 0 Å². The third kappa shape index (κ3) is 5.49. The first-order valence-electron chi connectivity index (χ1n) is 13.7. The van der Waals surface area contributed by atoms with Gasteiger partial charge in [0.05, 0.1) is 42.0 Å². The molecule has 0 bridgehead atoms. The Balaban J connectivity index is 1.35. The summed E-state index contributed by atoms with van der Waals surface area (Å²) in [6, 6.07) is 8.62. The van der Waals surface area contributed by atoms with Crippen molar-refractivity contribution in [3.63, 3.8) is 0 Å². The number of anilines is 2. The third-order valence-corrected chi connectivity index (χ3v) is 8.40. The highest BCUT2D eigenvalue weighted by Gasteiger charge is 2.42. The van der Waals surface area contributed by atoms with Crippen LogP contribution in [0.15, 0.2) is 36.5 Å². The number of hydrogen-bond acceptors (Lipinski definition) is 7. The summed E-state index contributed by atoms with van der Waals surface area (Å²) in [6.07, 6.45) is 1.87. The number of esters is 1. The van der Waals surface area contributed by atoms with E-state index in [0.717, 1.165) is 28.5 Å². The van der Waals surface area contributed by atoms with E-state index in [-0.39, 0.29) is 28.7 Å². The van der Waals surface area contributed by atoms with Crippen LogP contribution in [0.25, 0.3) is 0 Å². The number of piperazine rings is 1. The molecule has 9 nitrogen and oxygen atoms in total. The number of carbonyl (C=O) groups excluding carboxylic acids is 2. The molecule has 1 saturated heterocycles. The highest BCUT2D eigenvalue weighted by Crippen LogP contribution is 2.37. The predicted molar refractivity (Wildman–Crippen MR) is 156 cm³/mol. The van der Waals surface area contributed by atoms with Crippen molar-refractivity contribution in [3.05, 3.63) is 70.1 Å². The van der Waals surface area contributed by atoms with Gasteiger partial charge in [-0.15, -0.1) is 0 Å². The zero-order chi connectivity index (χ0) is 29.7. The van der Waals surface area contributed by atoms with E-state index < -0.39 is 11.4 Å². The smallest absolute Gasteiger partial charge is 0.310 e. The Hall–Kier alpha value is -3.66. The van der Waals surface area contributed by atoms with Gasteiger partial charge in [-0.05, 0) is 43.7 Å². The van der Waals surface area contributed by atoms with Gasteiger partial charge >= 0.3 is 5.97 Å². The fourth-order valence-electron chi connectivity index (χ4n) is 5.89. The second kappa shape index (κ2) is 10.6. The van der Waals surface area contributed by atoms with Gasteiger partial charge in [0.25, 0.3) is 5.91 Å². The Morgan fingerprint density at radius 1 is 1.07 bits per heavy atom. The van der Waals surface area contributed by atoms with Gasteiger partial charge in [0.1, 0.15) is 11.6 Å². The van der Waals surface area contributed by atoms with E-state index >= 15 is 0 Å². The van der Waals surface area contributed by atoms with Gasteiger partial charge in [-0.25, -0.2) is 14.4 Å². The maximum atomic E-state index is 14.3. The number of imidazole rings is 1. The molecule has 0 saturated carbocycles. The van der Waals surface area contributed by atoms with Crippen LogP contribution < -0.4 is 9.80 Å². The van der Waals surface area contributed by atoms with Crippen LogP contribution in [0, 0.1) is 5.82 Å². The van der Waals surface area contributed by atoms with Crippen LogP contribution in [0.1, 0.15) is 55.3 Å². The average Bonchev–Trinajstić information content (AvgIpc) is 3.26.